The third-order valence-electron chi connectivity index (χ3n) is 2.58. The predicted octanol–water partition coefficient (Wildman–Crippen LogP) is -0.454. The number of amides is 3. The quantitative estimate of drug-likeness (QED) is 0.244. The summed E-state index contributed by atoms with van der Waals surface area (Å²) >= 11 is 0. The molecule has 0 saturated heterocycles. The lowest BCUT2D eigenvalue weighted by atomic mass is 10.2. The van der Waals surface area contributed by atoms with Crippen molar-refractivity contribution in [1.29, 1.82) is 0 Å². The van der Waals surface area contributed by atoms with Crippen LogP contribution in [-0.4, -0.2) is 49.7 Å². The van der Waals surface area contributed by atoms with Crippen LogP contribution in [0, 0.1) is 0 Å². The van der Waals surface area contributed by atoms with Gasteiger partial charge < -0.3 is 15.4 Å². The fourth-order valence-corrected chi connectivity index (χ4v) is 1.24. The van der Waals surface area contributed by atoms with Crippen molar-refractivity contribution in [1.82, 2.24) is 16.1 Å². The summed E-state index contributed by atoms with van der Waals surface area (Å²) in [6, 6.07) is 0.0893. The monoisotopic (exact) mass is 300 g/mol. The highest BCUT2D eigenvalue weighted by molar-refractivity contribution is 6.35. The molecule has 0 heterocycles. The van der Waals surface area contributed by atoms with Crippen molar-refractivity contribution in [2.24, 2.45) is 5.10 Å². The Balaban J connectivity index is 4.12. The van der Waals surface area contributed by atoms with E-state index in [2.05, 4.69) is 21.2 Å². The van der Waals surface area contributed by atoms with Crippen molar-refractivity contribution in [3.05, 3.63) is 0 Å². The number of hydrogen-bond donors (Lipinski definition) is 3. The number of nitrogens with one attached hydrogen (secondary N) is 3. The Morgan fingerprint density at radius 1 is 1.24 bits per heavy atom. The molecule has 0 aromatic carbocycles. The largest absolute Gasteiger partial charge is 0.383 e. The van der Waals surface area contributed by atoms with Crippen LogP contribution >= 0.6 is 0 Å². The number of ether oxygens (including phenoxy) is 1. The smallest absolute Gasteiger partial charge is 0.329 e. The molecule has 0 radical (unpaired) electrons. The molecular weight excluding hydrogens is 276 g/mol. The maximum atomic E-state index is 11.6. The van der Waals surface area contributed by atoms with Crippen molar-refractivity contribution in [3.8, 4) is 0 Å². The normalized spacial score (nSPS) is 12.5. The van der Waals surface area contributed by atoms with Crippen LogP contribution in [0.15, 0.2) is 5.10 Å². The molecule has 0 aliphatic heterocycles. The fourth-order valence-electron chi connectivity index (χ4n) is 1.24. The van der Waals surface area contributed by atoms with Gasteiger partial charge in [-0.1, -0.05) is 6.92 Å². The van der Waals surface area contributed by atoms with E-state index in [1.54, 1.807) is 6.92 Å². The van der Waals surface area contributed by atoms with E-state index < -0.39 is 11.8 Å². The Kier molecular flexibility index (Phi) is 9.78. The van der Waals surface area contributed by atoms with E-state index in [0.717, 1.165) is 6.42 Å². The molecule has 0 fully saturated rings. The van der Waals surface area contributed by atoms with Gasteiger partial charge in [-0.05, 0) is 20.3 Å². The van der Waals surface area contributed by atoms with Gasteiger partial charge in [0.25, 0.3) is 0 Å². The highest BCUT2D eigenvalue weighted by atomic mass is 16.5. The van der Waals surface area contributed by atoms with Crippen LogP contribution in [0.2, 0.25) is 0 Å². The van der Waals surface area contributed by atoms with Crippen molar-refractivity contribution >= 4 is 23.4 Å². The third-order valence-corrected chi connectivity index (χ3v) is 2.58. The molecule has 0 rings (SSSR count). The lowest BCUT2D eigenvalue weighted by Gasteiger charge is -2.10. The van der Waals surface area contributed by atoms with Gasteiger partial charge in [-0.2, -0.15) is 5.10 Å². The summed E-state index contributed by atoms with van der Waals surface area (Å²) in [5, 5.41) is 8.85. The molecule has 0 bridgehead atoms. The van der Waals surface area contributed by atoms with Crippen LogP contribution in [0.1, 0.15) is 33.6 Å². The predicted molar refractivity (Wildman–Crippen MR) is 78.7 cm³/mol. The Morgan fingerprint density at radius 2 is 1.90 bits per heavy atom. The van der Waals surface area contributed by atoms with Crippen LogP contribution in [0.3, 0.4) is 0 Å². The molecule has 8 heteroatoms. The minimum atomic E-state index is -0.882. The van der Waals surface area contributed by atoms with Gasteiger partial charge in [0, 0.05) is 25.4 Å². The number of nitrogens with zero attached hydrogens (tertiary/aromatic N) is 1. The molecule has 3 N–H and O–H groups in total. The van der Waals surface area contributed by atoms with Crippen molar-refractivity contribution in [3.63, 3.8) is 0 Å². The van der Waals surface area contributed by atoms with E-state index in [4.69, 9.17) is 4.74 Å². The van der Waals surface area contributed by atoms with Crippen LogP contribution in [-0.2, 0) is 19.1 Å². The molecule has 0 aliphatic carbocycles. The molecule has 0 aliphatic rings. The number of hydrogen-bond acceptors (Lipinski definition) is 5. The van der Waals surface area contributed by atoms with Gasteiger partial charge in [0.05, 0.1) is 13.0 Å². The number of carbonyl (C=O) groups is 3. The van der Waals surface area contributed by atoms with E-state index in [9.17, 15) is 14.4 Å². The maximum Gasteiger partial charge on any atom is 0.329 e. The van der Waals surface area contributed by atoms with Crippen LogP contribution in [0.25, 0.3) is 0 Å². The lowest BCUT2D eigenvalue weighted by Crippen LogP contribution is -2.39. The molecule has 0 saturated carbocycles. The van der Waals surface area contributed by atoms with Crippen molar-refractivity contribution in [2.75, 3.05) is 20.3 Å². The second-order valence-corrected chi connectivity index (χ2v) is 4.59. The molecule has 0 aromatic heterocycles. The van der Waals surface area contributed by atoms with Crippen LogP contribution in [0.5, 0.6) is 0 Å². The Hall–Kier alpha value is -1.96. The van der Waals surface area contributed by atoms with Gasteiger partial charge in [0.15, 0.2) is 0 Å². The van der Waals surface area contributed by atoms with Crippen LogP contribution < -0.4 is 16.1 Å². The Bertz CT molecular complexity index is 396. The maximum absolute atomic E-state index is 11.6. The molecular formula is C13H24N4O4. The third kappa shape index (κ3) is 9.55. The Labute approximate surface area is 124 Å². The zero-order valence-corrected chi connectivity index (χ0v) is 13.0. The summed E-state index contributed by atoms with van der Waals surface area (Å²) in [6.45, 7) is 6.02. The summed E-state index contributed by atoms with van der Waals surface area (Å²) < 4.78 is 4.74. The first kappa shape index (κ1) is 19.0. The molecule has 0 aromatic rings. The molecule has 8 nitrogen and oxygen atoms in total. The molecule has 3 amide bonds. The average molecular weight is 300 g/mol. The first-order valence-corrected chi connectivity index (χ1v) is 6.80. The molecule has 21 heavy (non-hydrogen) atoms. The summed E-state index contributed by atoms with van der Waals surface area (Å²) in [5.74, 6) is -1.86. The molecule has 120 valence electrons. The van der Waals surface area contributed by atoms with Crippen molar-refractivity contribution in [2.45, 2.75) is 39.7 Å². The van der Waals surface area contributed by atoms with Crippen LogP contribution in [0.4, 0.5) is 0 Å². The first-order chi connectivity index (χ1) is 9.90. The zero-order valence-electron chi connectivity index (χ0n) is 13.0. The topological polar surface area (TPSA) is 109 Å². The Morgan fingerprint density at radius 3 is 2.48 bits per heavy atom. The number of rotatable bonds is 8. The lowest BCUT2D eigenvalue weighted by molar-refractivity contribution is -0.139. The SMILES string of the molecule is CC[C@H](C)NC(=O)C/C(C)=N\NC(=O)C(=O)NCCOC. The van der Waals surface area contributed by atoms with Gasteiger partial charge in [-0.25, -0.2) is 5.43 Å². The average Bonchev–Trinajstić information content (AvgIpc) is 2.44. The highest BCUT2D eigenvalue weighted by Crippen LogP contribution is 1.91. The second-order valence-electron chi connectivity index (χ2n) is 4.59. The summed E-state index contributed by atoms with van der Waals surface area (Å²) in [7, 11) is 1.49. The summed E-state index contributed by atoms with van der Waals surface area (Å²) in [6.07, 6.45) is 0.899. The van der Waals surface area contributed by atoms with Gasteiger partial charge >= 0.3 is 11.8 Å². The second kappa shape index (κ2) is 10.8. The van der Waals surface area contributed by atoms with E-state index in [-0.39, 0.29) is 24.9 Å². The zero-order chi connectivity index (χ0) is 16.3. The highest BCUT2D eigenvalue weighted by Gasteiger charge is 2.12. The molecule has 0 spiro atoms. The van der Waals surface area contributed by atoms with E-state index in [1.165, 1.54) is 7.11 Å². The van der Waals surface area contributed by atoms with Gasteiger partial charge in [-0.15, -0.1) is 0 Å². The van der Waals surface area contributed by atoms with Gasteiger partial charge in [0.2, 0.25) is 5.91 Å². The van der Waals surface area contributed by atoms with E-state index in [1.807, 2.05) is 13.8 Å². The van der Waals surface area contributed by atoms with Gasteiger partial charge in [0.1, 0.15) is 0 Å². The fraction of sp³-hybridized carbons (Fsp3) is 0.692. The van der Waals surface area contributed by atoms with Crippen molar-refractivity contribution < 1.29 is 19.1 Å². The number of hydrazone groups is 1. The number of carbonyl (C=O) groups excluding carboxylic acids is 3. The van der Waals surface area contributed by atoms with Gasteiger partial charge in [-0.3, -0.25) is 14.4 Å². The molecule has 0 unspecified atom stereocenters. The summed E-state index contributed by atoms with van der Waals surface area (Å²) in [5.41, 5.74) is 2.51. The minimum Gasteiger partial charge on any atom is -0.383 e. The molecule has 1 atom stereocenters. The minimum absolute atomic E-state index is 0.0654. The standard InChI is InChI=1S/C13H24N4O4/c1-5-9(2)15-11(18)8-10(3)16-17-13(20)12(19)14-6-7-21-4/h9H,5-8H2,1-4H3,(H,14,19)(H,15,18)(H,17,20)/b16-10-/t9-/m0/s1. The van der Waals surface area contributed by atoms with E-state index in [0.29, 0.717) is 12.3 Å². The summed E-state index contributed by atoms with van der Waals surface area (Å²) in [4.78, 5) is 34.3. The number of methoxy groups -OCH3 is 1. The first-order valence-electron chi connectivity index (χ1n) is 6.80. The van der Waals surface area contributed by atoms with E-state index >= 15 is 0 Å².